The number of amides is 1. The van der Waals surface area contributed by atoms with E-state index in [0.717, 1.165) is 32.2 Å². The molecule has 1 amide bonds. The minimum absolute atomic E-state index is 0.0130. The molecule has 0 saturated carbocycles. The molecular weight excluding hydrogens is 400 g/mol. The molecule has 27 heavy (non-hydrogen) atoms. The smallest absolute Gasteiger partial charge is 0.230 e. The average molecular weight is 419 g/mol. The van der Waals surface area contributed by atoms with Gasteiger partial charge in [0, 0.05) is 34.8 Å². The fraction of sp³-hybridized carbons (Fsp3) is 0.211. The van der Waals surface area contributed by atoms with Crippen LogP contribution in [0.2, 0.25) is 5.02 Å². The third kappa shape index (κ3) is 5.76. The van der Waals surface area contributed by atoms with Gasteiger partial charge in [-0.15, -0.1) is 22.0 Å². The van der Waals surface area contributed by atoms with Gasteiger partial charge in [-0.3, -0.25) is 4.79 Å². The zero-order valence-corrected chi connectivity index (χ0v) is 17.2. The lowest BCUT2D eigenvalue weighted by molar-refractivity contribution is -0.118. The monoisotopic (exact) mass is 418 g/mol. The molecule has 1 heterocycles. The van der Waals surface area contributed by atoms with Gasteiger partial charge in [0.2, 0.25) is 5.91 Å². The van der Waals surface area contributed by atoms with E-state index >= 15 is 0 Å². The van der Waals surface area contributed by atoms with Crippen LogP contribution in [0.25, 0.3) is 11.4 Å². The van der Waals surface area contributed by atoms with E-state index in [2.05, 4.69) is 15.5 Å². The Labute approximate surface area is 171 Å². The van der Waals surface area contributed by atoms with Gasteiger partial charge < -0.3 is 9.88 Å². The minimum Gasteiger partial charge on any atom is -0.355 e. The molecule has 0 aliphatic heterocycles. The van der Waals surface area contributed by atoms with Crippen molar-refractivity contribution in [2.75, 3.05) is 18.1 Å². The fourth-order valence-electron chi connectivity index (χ4n) is 2.35. The summed E-state index contributed by atoms with van der Waals surface area (Å²) in [5.74, 6) is 1.89. The molecule has 0 fully saturated rings. The molecule has 8 heteroatoms. The number of benzene rings is 2. The highest BCUT2D eigenvalue weighted by molar-refractivity contribution is 7.99. The minimum atomic E-state index is -0.0130. The number of nitrogens with zero attached hydrogens (tertiary/aromatic N) is 3. The Balaban J connectivity index is 1.42. The zero-order valence-electron chi connectivity index (χ0n) is 14.8. The number of carbonyl (C=O) groups is 1. The van der Waals surface area contributed by atoms with Crippen molar-refractivity contribution in [3.8, 4) is 11.4 Å². The number of aromatic nitrogens is 3. The van der Waals surface area contributed by atoms with E-state index in [9.17, 15) is 4.79 Å². The molecule has 0 aliphatic carbocycles. The van der Waals surface area contributed by atoms with Crippen molar-refractivity contribution in [3.63, 3.8) is 0 Å². The van der Waals surface area contributed by atoms with Gasteiger partial charge in [-0.25, -0.2) is 0 Å². The maximum atomic E-state index is 12.0. The number of hydrogen-bond donors (Lipinski definition) is 1. The van der Waals surface area contributed by atoms with Crippen molar-refractivity contribution in [1.82, 2.24) is 20.1 Å². The maximum absolute atomic E-state index is 12.0. The van der Waals surface area contributed by atoms with Gasteiger partial charge in [-0.2, -0.15) is 0 Å². The molecule has 3 aromatic rings. The fourth-order valence-corrected chi connectivity index (χ4v) is 3.99. The molecule has 3 rings (SSSR count). The summed E-state index contributed by atoms with van der Waals surface area (Å²) in [5.41, 5.74) is 1.00. The summed E-state index contributed by atoms with van der Waals surface area (Å²) in [4.78, 5) is 13.2. The van der Waals surface area contributed by atoms with E-state index in [-0.39, 0.29) is 5.91 Å². The first-order valence-electron chi connectivity index (χ1n) is 8.36. The van der Waals surface area contributed by atoms with Crippen LogP contribution in [0.1, 0.15) is 0 Å². The van der Waals surface area contributed by atoms with E-state index < -0.39 is 0 Å². The van der Waals surface area contributed by atoms with Crippen LogP contribution in [0.4, 0.5) is 0 Å². The van der Waals surface area contributed by atoms with Crippen molar-refractivity contribution in [2.45, 2.75) is 10.1 Å². The summed E-state index contributed by atoms with van der Waals surface area (Å²) in [6.45, 7) is 0.612. The molecule has 1 N–H and O–H groups in total. The lowest BCUT2D eigenvalue weighted by Crippen LogP contribution is -2.27. The average Bonchev–Trinajstić information content (AvgIpc) is 3.06. The molecule has 2 aromatic carbocycles. The van der Waals surface area contributed by atoms with E-state index in [4.69, 9.17) is 11.6 Å². The molecule has 1 aromatic heterocycles. The first-order valence-corrected chi connectivity index (χ1v) is 10.7. The molecule has 0 unspecified atom stereocenters. The van der Waals surface area contributed by atoms with Crippen LogP contribution in [-0.2, 0) is 11.8 Å². The molecule has 0 atom stereocenters. The van der Waals surface area contributed by atoms with Crippen LogP contribution in [0, 0.1) is 0 Å². The Bertz CT molecular complexity index is 884. The molecular formula is C19H19ClN4OS2. The predicted octanol–water partition coefficient (Wildman–Crippen LogP) is 4.14. The van der Waals surface area contributed by atoms with Crippen molar-refractivity contribution >= 4 is 41.0 Å². The highest BCUT2D eigenvalue weighted by atomic mass is 35.5. The summed E-state index contributed by atoms with van der Waals surface area (Å²) >= 11 is 8.93. The largest absolute Gasteiger partial charge is 0.355 e. The molecule has 0 aliphatic rings. The third-order valence-corrected chi connectivity index (χ3v) is 5.99. The second kappa shape index (κ2) is 9.82. The van der Waals surface area contributed by atoms with E-state index in [1.54, 1.807) is 11.8 Å². The Morgan fingerprint density at radius 1 is 1.07 bits per heavy atom. The van der Waals surface area contributed by atoms with E-state index in [1.165, 1.54) is 11.8 Å². The van der Waals surface area contributed by atoms with Crippen molar-refractivity contribution < 1.29 is 4.79 Å². The highest BCUT2D eigenvalue weighted by Crippen LogP contribution is 2.22. The number of carbonyl (C=O) groups excluding carboxylic acids is 1. The molecule has 0 spiro atoms. The van der Waals surface area contributed by atoms with Crippen LogP contribution < -0.4 is 5.32 Å². The van der Waals surface area contributed by atoms with Crippen molar-refractivity contribution in [3.05, 3.63) is 59.6 Å². The van der Waals surface area contributed by atoms with E-state index in [0.29, 0.717) is 12.3 Å². The van der Waals surface area contributed by atoms with Crippen LogP contribution in [0.3, 0.4) is 0 Å². The van der Waals surface area contributed by atoms with Crippen LogP contribution in [0.5, 0.6) is 0 Å². The molecule has 0 radical (unpaired) electrons. The molecule has 0 saturated heterocycles. The first kappa shape index (κ1) is 19.8. The maximum Gasteiger partial charge on any atom is 0.230 e. The SMILES string of the molecule is Cn1c(SCC(=O)NCCSc2ccc(Cl)cc2)nnc1-c1ccccc1. The number of nitrogens with one attached hydrogen (secondary N) is 1. The van der Waals surface area contributed by atoms with Crippen LogP contribution in [-0.4, -0.2) is 38.7 Å². The highest BCUT2D eigenvalue weighted by Gasteiger charge is 2.12. The van der Waals surface area contributed by atoms with Gasteiger partial charge in [0.15, 0.2) is 11.0 Å². The van der Waals surface area contributed by atoms with Gasteiger partial charge in [0.1, 0.15) is 0 Å². The van der Waals surface area contributed by atoms with E-state index in [1.807, 2.05) is 66.2 Å². The molecule has 0 bridgehead atoms. The van der Waals surface area contributed by atoms with Crippen LogP contribution in [0.15, 0.2) is 64.6 Å². The Hall–Kier alpha value is -1.96. The Kier molecular flexibility index (Phi) is 7.20. The van der Waals surface area contributed by atoms with Crippen molar-refractivity contribution in [1.29, 1.82) is 0 Å². The number of rotatable bonds is 8. The molecule has 140 valence electrons. The number of thioether (sulfide) groups is 2. The summed E-state index contributed by atoms with van der Waals surface area (Å²) in [7, 11) is 1.91. The predicted molar refractivity (Wildman–Crippen MR) is 112 cm³/mol. The summed E-state index contributed by atoms with van der Waals surface area (Å²) < 4.78 is 1.91. The van der Waals surface area contributed by atoms with Gasteiger partial charge in [0.25, 0.3) is 0 Å². The summed E-state index contributed by atoms with van der Waals surface area (Å²) in [6, 6.07) is 17.6. The van der Waals surface area contributed by atoms with Gasteiger partial charge in [-0.05, 0) is 24.3 Å². The third-order valence-electron chi connectivity index (χ3n) is 3.71. The second-order valence-electron chi connectivity index (χ2n) is 5.67. The quantitative estimate of drug-likeness (QED) is 0.440. The topological polar surface area (TPSA) is 59.8 Å². The zero-order chi connectivity index (χ0) is 19.1. The summed E-state index contributed by atoms with van der Waals surface area (Å²) in [5, 5.41) is 12.8. The number of hydrogen-bond acceptors (Lipinski definition) is 5. The van der Waals surface area contributed by atoms with Gasteiger partial charge in [-0.1, -0.05) is 53.7 Å². The summed E-state index contributed by atoms with van der Waals surface area (Å²) in [6.07, 6.45) is 0. The lowest BCUT2D eigenvalue weighted by Gasteiger charge is -2.06. The van der Waals surface area contributed by atoms with Crippen molar-refractivity contribution in [2.24, 2.45) is 7.05 Å². The van der Waals surface area contributed by atoms with Gasteiger partial charge in [0.05, 0.1) is 5.75 Å². The standard InChI is InChI=1S/C19H19ClN4OS2/c1-24-18(14-5-3-2-4-6-14)22-23-19(24)27-13-17(25)21-11-12-26-16-9-7-15(20)8-10-16/h2-10H,11-13H2,1H3,(H,21,25). The normalized spacial score (nSPS) is 10.7. The Morgan fingerprint density at radius 3 is 2.56 bits per heavy atom. The second-order valence-corrected chi connectivity index (χ2v) is 8.22. The lowest BCUT2D eigenvalue weighted by atomic mass is 10.2. The van der Waals surface area contributed by atoms with Gasteiger partial charge >= 0.3 is 0 Å². The van der Waals surface area contributed by atoms with Crippen LogP contribution >= 0.6 is 35.1 Å². The number of halogens is 1. The Morgan fingerprint density at radius 2 is 1.81 bits per heavy atom. The molecule has 5 nitrogen and oxygen atoms in total. The first-order chi connectivity index (χ1) is 13.1.